The second kappa shape index (κ2) is 5.81. The van der Waals surface area contributed by atoms with Crippen molar-refractivity contribution in [3.63, 3.8) is 0 Å². The van der Waals surface area contributed by atoms with Crippen LogP contribution in [-0.2, 0) is 4.75 Å². The van der Waals surface area contributed by atoms with Crippen molar-refractivity contribution >= 4 is 11.8 Å². The van der Waals surface area contributed by atoms with Gasteiger partial charge in [0.25, 0.3) is 0 Å². The van der Waals surface area contributed by atoms with Crippen LogP contribution >= 0.6 is 11.8 Å². The molecule has 3 heteroatoms. The fourth-order valence-electron chi connectivity index (χ4n) is 1.71. The molecular weight excluding hydrogens is 254 g/mol. The normalized spacial score (nSPS) is 13.3. The maximum atomic E-state index is 9.31. The first-order valence-electron chi connectivity index (χ1n) is 5.98. The van der Waals surface area contributed by atoms with Crippen LogP contribution in [0.25, 0.3) is 0 Å². The van der Waals surface area contributed by atoms with Crippen LogP contribution in [0, 0.1) is 11.3 Å². The molecular formula is C16H15NOS. The highest BCUT2D eigenvalue weighted by Crippen LogP contribution is 2.35. The second-order valence-corrected chi connectivity index (χ2v) is 5.52. The zero-order valence-corrected chi connectivity index (χ0v) is 11.8. The standard InChI is InChI=1S/C16H15NOS/c1-16(12-17,19-2)13-7-6-10-15(11-13)18-14-8-4-3-5-9-14/h3-11H,1-2H3. The highest BCUT2D eigenvalue weighted by Gasteiger charge is 2.25. The SMILES string of the molecule is CSC(C)(C#N)c1cccc(Oc2ccccc2)c1. The Morgan fingerprint density at radius 3 is 2.37 bits per heavy atom. The van der Waals surface area contributed by atoms with Gasteiger partial charge in [0.2, 0.25) is 0 Å². The first-order valence-corrected chi connectivity index (χ1v) is 7.20. The molecule has 0 radical (unpaired) electrons. The first kappa shape index (κ1) is 13.5. The number of ether oxygens (including phenoxy) is 1. The van der Waals surface area contributed by atoms with Crippen molar-refractivity contribution in [3.8, 4) is 17.6 Å². The van der Waals surface area contributed by atoms with Crippen molar-refractivity contribution in [2.45, 2.75) is 11.7 Å². The maximum Gasteiger partial charge on any atom is 0.127 e. The van der Waals surface area contributed by atoms with E-state index in [-0.39, 0.29) is 0 Å². The predicted molar refractivity (Wildman–Crippen MR) is 79.4 cm³/mol. The lowest BCUT2D eigenvalue weighted by atomic mass is 10.0. The predicted octanol–water partition coefficient (Wildman–Crippen LogP) is 4.58. The summed E-state index contributed by atoms with van der Waals surface area (Å²) in [6, 6.07) is 19.7. The van der Waals surface area contributed by atoms with Crippen molar-refractivity contribution < 1.29 is 4.74 Å². The van der Waals surface area contributed by atoms with Crippen LogP contribution in [0.15, 0.2) is 54.6 Å². The van der Waals surface area contributed by atoms with E-state index in [1.807, 2.05) is 67.8 Å². The average molecular weight is 269 g/mol. The van der Waals surface area contributed by atoms with Gasteiger partial charge in [-0.1, -0.05) is 30.3 Å². The van der Waals surface area contributed by atoms with Crippen LogP contribution < -0.4 is 4.74 Å². The van der Waals surface area contributed by atoms with Crippen molar-refractivity contribution in [2.24, 2.45) is 0 Å². The highest BCUT2D eigenvalue weighted by molar-refractivity contribution is 7.99. The number of nitrogens with zero attached hydrogens (tertiary/aromatic N) is 1. The Morgan fingerprint density at radius 2 is 1.74 bits per heavy atom. The molecule has 0 heterocycles. The lowest BCUT2D eigenvalue weighted by Crippen LogP contribution is -2.13. The Hall–Kier alpha value is -1.92. The van der Waals surface area contributed by atoms with E-state index < -0.39 is 4.75 Å². The third kappa shape index (κ3) is 3.10. The third-order valence-corrected chi connectivity index (χ3v) is 4.13. The average Bonchev–Trinajstić information content (AvgIpc) is 2.48. The Balaban J connectivity index is 2.28. The van der Waals surface area contributed by atoms with Crippen molar-refractivity contribution in [2.75, 3.05) is 6.26 Å². The summed E-state index contributed by atoms with van der Waals surface area (Å²) >= 11 is 1.52. The number of nitriles is 1. The van der Waals surface area contributed by atoms with E-state index in [1.54, 1.807) is 0 Å². The molecule has 2 aromatic rings. The topological polar surface area (TPSA) is 33.0 Å². The molecule has 0 amide bonds. The molecule has 96 valence electrons. The summed E-state index contributed by atoms with van der Waals surface area (Å²) in [4.78, 5) is 0. The molecule has 2 nitrogen and oxygen atoms in total. The Morgan fingerprint density at radius 1 is 1.05 bits per heavy atom. The summed E-state index contributed by atoms with van der Waals surface area (Å²) in [5, 5.41) is 9.31. The van der Waals surface area contributed by atoms with Crippen molar-refractivity contribution in [1.82, 2.24) is 0 Å². The third-order valence-electron chi connectivity index (χ3n) is 2.99. The van der Waals surface area contributed by atoms with E-state index in [2.05, 4.69) is 6.07 Å². The minimum Gasteiger partial charge on any atom is -0.457 e. The molecule has 2 rings (SSSR count). The van der Waals surface area contributed by atoms with Crippen LogP contribution in [0.1, 0.15) is 12.5 Å². The number of benzene rings is 2. The molecule has 0 aromatic heterocycles. The van der Waals surface area contributed by atoms with E-state index in [0.29, 0.717) is 0 Å². The lowest BCUT2D eigenvalue weighted by Gasteiger charge is -2.19. The Kier molecular flexibility index (Phi) is 4.13. The van der Waals surface area contributed by atoms with Gasteiger partial charge in [-0.15, -0.1) is 11.8 Å². The fourth-order valence-corrected chi connectivity index (χ4v) is 2.16. The molecule has 0 saturated carbocycles. The summed E-state index contributed by atoms with van der Waals surface area (Å²) in [6.07, 6.45) is 1.94. The summed E-state index contributed by atoms with van der Waals surface area (Å²) in [6.45, 7) is 1.92. The molecule has 2 aromatic carbocycles. The van der Waals surface area contributed by atoms with Gasteiger partial charge in [0, 0.05) is 0 Å². The summed E-state index contributed by atoms with van der Waals surface area (Å²) in [7, 11) is 0. The van der Waals surface area contributed by atoms with Gasteiger partial charge in [-0.25, -0.2) is 0 Å². The van der Waals surface area contributed by atoms with Gasteiger partial charge in [0.1, 0.15) is 16.2 Å². The second-order valence-electron chi connectivity index (χ2n) is 4.29. The molecule has 0 bridgehead atoms. The molecule has 19 heavy (non-hydrogen) atoms. The van der Waals surface area contributed by atoms with E-state index >= 15 is 0 Å². The molecule has 0 N–H and O–H groups in total. The number of rotatable bonds is 4. The quantitative estimate of drug-likeness (QED) is 0.814. The van der Waals surface area contributed by atoms with Gasteiger partial charge in [-0.05, 0) is 43.0 Å². The molecule has 0 aliphatic heterocycles. The van der Waals surface area contributed by atoms with Crippen LogP contribution in [0.3, 0.4) is 0 Å². The van der Waals surface area contributed by atoms with E-state index in [4.69, 9.17) is 4.74 Å². The largest absolute Gasteiger partial charge is 0.457 e. The molecule has 1 unspecified atom stereocenters. The van der Waals surface area contributed by atoms with Gasteiger partial charge in [0.15, 0.2) is 0 Å². The Bertz CT molecular complexity index is 591. The zero-order chi connectivity index (χ0) is 13.7. The monoisotopic (exact) mass is 269 g/mol. The molecule has 1 atom stereocenters. The van der Waals surface area contributed by atoms with Crippen LogP contribution in [0.2, 0.25) is 0 Å². The maximum absolute atomic E-state index is 9.31. The summed E-state index contributed by atoms with van der Waals surface area (Å²) in [5.41, 5.74) is 0.955. The van der Waals surface area contributed by atoms with E-state index in [9.17, 15) is 5.26 Å². The Labute approximate surface area is 118 Å². The minimum absolute atomic E-state index is 0.546. The minimum atomic E-state index is -0.546. The number of hydrogen-bond donors (Lipinski definition) is 0. The number of thioether (sulfide) groups is 1. The molecule has 0 fully saturated rings. The van der Waals surface area contributed by atoms with Gasteiger partial charge in [0.05, 0.1) is 6.07 Å². The molecule has 0 aliphatic rings. The van der Waals surface area contributed by atoms with Crippen molar-refractivity contribution in [1.29, 1.82) is 5.26 Å². The van der Waals surface area contributed by atoms with E-state index in [0.717, 1.165) is 17.1 Å². The van der Waals surface area contributed by atoms with Crippen LogP contribution in [-0.4, -0.2) is 6.26 Å². The lowest BCUT2D eigenvalue weighted by molar-refractivity contribution is 0.481. The van der Waals surface area contributed by atoms with Crippen LogP contribution in [0.4, 0.5) is 0 Å². The van der Waals surface area contributed by atoms with E-state index in [1.165, 1.54) is 11.8 Å². The van der Waals surface area contributed by atoms with Gasteiger partial charge >= 0.3 is 0 Å². The fraction of sp³-hybridized carbons (Fsp3) is 0.188. The van der Waals surface area contributed by atoms with Gasteiger partial charge in [-0.2, -0.15) is 5.26 Å². The molecule has 0 aliphatic carbocycles. The smallest absolute Gasteiger partial charge is 0.127 e. The molecule has 0 spiro atoms. The summed E-state index contributed by atoms with van der Waals surface area (Å²) < 4.78 is 5.24. The zero-order valence-electron chi connectivity index (χ0n) is 11.0. The first-order chi connectivity index (χ1) is 9.18. The number of hydrogen-bond acceptors (Lipinski definition) is 3. The van der Waals surface area contributed by atoms with Crippen LogP contribution in [0.5, 0.6) is 11.5 Å². The van der Waals surface area contributed by atoms with Gasteiger partial charge < -0.3 is 4.74 Å². The highest BCUT2D eigenvalue weighted by atomic mass is 32.2. The number of para-hydroxylation sites is 1. The van der Waals surface area contributed by atoms with Gasteiger partial charge in [-0.3, -0.25) is 0 Å². The molecule has 0 saturated heterocycles. The summed E-state index contributed by atoms with van der Waals surface area (Å²) in [5.74, 6) is 1.54. The van der Waals surface area contributed by atoms with Crippen molar-refractivity contribution in [3.05, 3.63) is 60.2 Å².